The van der Waals surface area contributed by atoms with E-state index in [-0.39, 0.29) is 0 Å². The van der Waals surface area contributed by atoms with Crippen molar-refractivity contribution in [3.63, 3.8) is 0 Å². The van der Waals surface area contributed by atoms with Gasteiger partial charge in [-0.1, -0.05) is 6.92 Å². The summed E-state index contributed by atoms with van der Waals surface area (Å²) in [7, 11) is 0. The van der Waals surface area contributed by atoms with Gasteiger partial charge in [-0.15, -0.1) is 0 Å². The van der Waals surface area contributed by atoms with Gasteiger partial charge in [0.15, 0.2) is 11.5 Å². The van der Waals surface area contributed by atoms with Gasteiger partial charge in [-0.3, -0.25) is 0 Å². The molecule has 0 fully saturated rings. The molecule has 0 spiro atoms. The lowest BCUT2D eigenvalue weighted by atomic mass is 10.3. The van der Waals surface area contributed by atoms with Gasteiger partial charge >= 0.3 is 0 Å². The van der Waals surface area contributed by atoms with E-state index in [0.717, 1.165) is 43.3 Å². The Bertz CT molecular complexity index is 323. The molecule has 2 rings (SSSR count). The van der Waals surface area contributed by atoms with Gasteiger partial charge in [-0.25, -0.2) is 0 Å². The van der Waals surface area contributed by atoms with Crippen molar-refractivity contribution in [3.05, 3.63) is 18.2 Å². The van der Waals surface area contributed by atoms with Crippen molar-refractivity contribution in [1.82, 2.24) is 0 Å². The SMILES string of the molecule is CCCOc1ccc2c(c1)OCCCO2. The Labute approximate surface area is 90.0 Å². The third kappa shape index (κ3) is 2.55. The Morgan fingerprint density at radius 1 is 1.20 bits per heavy atom. The highest BCUT2D eigenvalue weighted by Gasteiger charge is 2.10. The smallest absolute Gasteiger partial charge is 0.164 e. The molecule has 0 aliphatic carbocycles. The Morgan fingerprint density at radius 2 is 2.00 bits per heavy atom. The number of fused-ring (bicyclic) bond motifs is 1. The average molecular weight is 208 g/mol. The van der Waals surface area contributed by atoms with Crippen molar-refractivity contribution in [3.8, 4) is 17.2 Å². The van der Waals surface area contributed by atoms with E-state index in [1.807, 2.05) is 18.2 Å². The highest BCUT2D eigenvalue weighted by Crippen LogP contribution is 2.33. The monoisotopic (exact) mass is 208 g/mol. The van der Waals surface area contributed by atoms with E-state index in [1.165, 1.54) is 0 Å². The molecule has 82 valence electrons. The minimum Gasteiger partial charge on any atom is -0.493 e. The number of ether oxygens (including phenoxy) is 3. The molecule has 1 aromatic carbocycles. The molecule has 1 aliphatic rings. The summed E-state index contributed by atoms with van der Waals surface area (Å²) in [5, 5.41) is 0. The molecule has 0 radical (unpaired) electrons. The molecular weight excluding hydrogens is 192 g/mol. The predicted molar refractivity (Wildman–Crippen MR) is 57.8 cm³/mol. The number of hydrogen-bond donors (Lipinski definition) is 0. The summed E-state index contributed by atoms with van der Waals surface area (Å²) >= 11 is 0. The van der Waals surface area contributed by atoms with Crippen molar-refractivity contribution in [1.29, 1.82) is 0 Å². The Hall–Kier alpha value is -1.38. The highest BCUT2D eigenvalue weighted by molar-refractivity contribution is 5.45. The van der Waals surface area contributed by atoms with E-state index in [4.69, 9.17) is 14.2 Å². The van der Waals surface area contributed by atoms with Crippen LogP contribution in [0.25, 0.3) is 0 Å². The molecule has 1 aliphatic heterocycles. The largest absolute Gasteiger partial charge is 0.493 e. The van der Waals surface area contributed by atoms with E-state index in [9.17, 15) is 0 Å². The first-order valence-electron chi connectivity index (χ1n) is 5.42. The summed E-state index contributed by atoms with van der Waals surface area (Å²) in [6.45, 7) is 4.26. The predicted octanol–water partition coefficient (Wildman–Crippen LogP) is 2.64. The molecule has 15 heavy (non-hydrogen) atoms. The normalized spacial score (nSPS) is 14.5. The van der Waals surface area contributed by atoms with Crippen LogP contribution in [-0.2, 0) is 0 Å². The van der Waals surface area contributed by atoms with Gasteiger partial charge in [0, 0.05) is 12.5 Å². The third-order valence-electron chi connectivity index (χ3n) is 2.19. The van der Waals surface area contributed by atoms with Gasteiger partial charge in [0.25, 0.3) is 0 Å². The van der Waals surface area contributed by atoms with Gasteiger partial charge in [-0.2, -0.15) is 0 Å². The molecule has 3 nitrogen and oxygen atoms in total. The maximum atomic E-state index is 5.56. The van der Waals surface area contributed by atoms with E-state index in [1.54, 1.807) is 0 Å². The zero-order chi connectivity index (χ0) is 10.5. The summed E-state index contributed by atoms with van der Waals surface area (Å²) in [6, 6.07) is 5.73. The Morgan fingerprint density at radius 3 is 2.80 bits per heavy atom. The first-order chi connectivity index (χ1) is 7.40. The second-order valence-corrected chi connectivity index (χ2v) is 3.51. The van der Waals surface area contributed by atoms with E-state index in [0.29, 0.717) is 6.61 Å². The van der Waals surface area contributed by atoms with Gasteiger partial charge in [-0.05, 0) is 18.6 Å². The van der Waals surface area contributed by atoms with Gasteiger partial charge < -0.3 is 14.2 Å². The molecule has 0 bridgehead atoms. The summed E-state index contributed by atoms with van der Waals surface area (Å²) < 4.78 is 16.6. The molecule has 0 amide bonds. The fourth-order valence-corrected chi connectivity index (χ4v) is 1.45. The summed E-state index contributed by atoms with van der Waals surface area (Å²) in [5.41, 5.74) is 0. The number of hydrogen-bond acceptors (Lipinski definition) is 3. The van der Waals surface area contributed by atoms with Crippen LogP contribution >= 0.6 is 0 Å². The quantitative estimate of drug-likeness (QED) is 0.764. The molecule has 0 saturated carbocycles. The molecule has 0 aromatic heterocycles. The van der Waals surface area contributed by atoms with Crippen molar-refractivity contribution in [2.24, 2.45) is 0 Å². The van der Waals surface area contributed by atoms with Crippen LogP contribution < -0.4 is 14.2 Å². The van der Waals surface area contributed by atoms with Crippen molar-refractivity contribution >= 4 is 0 Å². The first-order valence-corrected chi connectivity index (χ1v) is 5.42. The van der Waals surface area contributed by atoms with Crippen molar-refractivity contribution in [2.75, 3.05) is 19.8 Å². The minimum atomic E-state index is 0.713. The maximum absolute atomic E-state index is 5.56. The maximum Gasteiger partial charge on any atom is 0.164 e. The van der Waals surface area contributed by atoms with Gasteiger partial charge in [0.2, 0.25) is 0 Å². The number of benzene rings is 1. The fraction of sp³-hybridized carbons (Fsp3) is 0.500. The minimum absolute atomic E-state index is 0.713. The van der Waals surface area contributed by atoms with Crippen LogP contribution in [0.5, 0.6) is 17.2 Å². The molecule has 0 atom stereocenters. The first kappa shape index (κ1) is 10.1. The molecular formula is C12H16O3. The second-order valence-electron chi connectivity index (χ2n) is 3.51. The second kappa shape index (κ2) is 4.91. The van der Waals surface area contributed by atoms with Gasteiger partial charge in [0.1, 0.15) is 5.75 Å². The molecule has 1 heterocycles. The zero-order valence-corrected chi connectivity index (χ0v) is 8.99. The lowest BCUT2D eigenvalue weighted by Crippen LogP contribution is -1.97. The molecule has 1 aromatic rings. The Kier molecular flexibility index (Phi) is 3.33. The van der Waals surface area contributed by atoms with Crippen LogP contribution in [-0.4, -0.2) is 19.8 Å². The zero-order valence-electron chi connectivity index (χ0n) is 8.99. The Balaban J connectivity index is 2.13. The molecule has 0 N–H and O–H groups in total. The van der Waals surface area contributed by atoms with Crippen LogP contribution in [0.15, 0.2) is 18.2 Å². The lowest BCUT2D eigenvalue weighted by molar-refractivity contribution is 0.295. The average Bonchev–Trinajstić information content (AvgIpc) is 2.50. The van der Waals surface area contributed by atoms with E-state index >= 15 is 0 Å². The highest BCUT2D eigenvalue weighted by atomic mass is 16.5. The third-order valence-corrected chi connectivity index (χ3v) is 2.19. The van der Waals surface area contributed by atoms with Crippen LogP contribution in [0.4, 0.5) is 0 Å². The van der Waals surface area contributed by atoms with E-state index in [2.05, 4.69) is 6.92 Å². The molecule has 0 saturated heterocycles. The molecule has 0 unspecified atom stereocenters. The summed E-state index contributed by atoms with van der Waals surface area (Å²) in [5.74, 6) is 2.46. The topological polar surface area (TPSA) is 27.7 Å². The van der Waals surface area contributed by atoms with Crippen LogP contribution in [0.2, 0.25) is 0 Å². The van der Waals surface area contributed by atoms with Crippen molar-refractivity contribution < 1.29 is 14.2 Å². The van der Waals surface area contributed by atoms with Crippen LogP contribution in [0.3, 0.4) is 0 Å². The fourth-order valence-electron chi connectivity index (χ4n) is 1.45. The summed E-state index contributed by atoms with van der Waals surface area (Å²) in [4.78, 5) is 0. The summed E-state index contributed by atoms with van der Waals surface area (Å²) in [6.07, 6.45) is 1.94. The number of rotatable bonds is 3. The van der Waals surface area contributed by atoms with Crippen molar-refractivity contribution in [2.45, 2.75) is 19.8 Å². The standard InChI is InChI=1S/C12H16O3/c1-2-6-13-10-4-5-11-12(9-10)15-8-3-7-14-11/h4-5,9H,2-3,6-8H2,1H3. The van der Waals surface area contributed by atoms with Crippen LogP contribution in [0.1, 0.15) is 19.8 Å². The molecule has 3 heteroatoms. The van der Waals surface area contributed by atoms with Gasteiger partial charge in [0.05, 0.1) is 19.8 Å². The van der Waals surface area contributed by atoms with Crippen LogP contribution in [0, 0.1) is 0 Å². The lowest BCUT2D eigenvalue weighted by Gasteiger charge is -2.09. The van der Waals surface area contributed by atoms with E-state index < -0.39 is 0 Å².